The van der Waals surface area contributed by atoms with Gasteiger partial charge >= 0.3 is 0 Å². The maximum absolute atomic E-state index is 14.7. The Hall–Kier alpha value is -2.93. The van der Waals surface area contributed by atoms with E-state index in [1.165, 1.54) is 18.2 Å². The van der Waals surface area contributed by atoms with Crippen molar-refractivity contribution >= 4 is 29.1 Å². The summed E-state index contributed by atoms with van der Waals surface area (Å²) >= 11 is 6.19. The molecular formula is C28H31ClF2N2O3. The fourth-order valence-corrected chi connectivity index (χ4v) is 5.00. The minimum Gasteiger partial charge on any atom is -0.489 e. The molecule has 2 aliphatic carbocycles. The third kappa shape index (κ3) is 6.06. The van der Waals surface area contributed by atoms with Crippen molar-refractivity contribution in [1.82, 2.24) is 5.32 Å². The molecule has 2 amide bonds. The Labute approximate surface area is 215 Å². The highest BCUT2D eigenvalue weighted by molar-refractivity contribution is 6.32. The van der Waals surface area contributed by atoms with Crippen LogP contribution in [0.3, 0.4) is 0 Å². The van der Waals surface area contributed by atoms with Crippen LogP contribution in [0, 0.1) is 11.6 Å². The van der Waals surface area contributed by atoms with Gasteiger partial charge in [0.2, 0.25) is 5.91 Å². The van der Waals surface area contributed by atoms with Crippen LogP contribution < -0.4 is 15.4 Å². The predicted octanol–water partition coefficient (Wildman–Crippen LogP) is 6.80. The van der Waals surface area contributed by atoms with Crippen LogP contribution in [0.5, 0.6) is 5.75 Å². The van der Waals surface area contributed by atoms with Crippen LogP contribution >= 0.6 is 11.6 Å². The molecule has 5 nitrogen and oxygen atoms in total. The van der Waals surface area contributed by atoms with Crippen molar-refractivity contribution in [3.63, 3.8) is 0 Å². The van der Waals surface area contributed by atoms with Crippen LogP contribution in [0.25, 0.3) is 0 Å². The molecule has 0 saturated heterocycles. The zero-order chi connectivity index (χ0) is 25.9. The van der Waals surface area contributed by atoms with E-state index in [4.69, 9.17) is 16.3 Å². The van der Waals surface area contributed by atoms with E-state index >= 15 is 0 Å². The number of benzene rings is 2. The molecule has 0 unspecified atom stereocenters. The summed E-state index contributed by atoms with van der Waals surface area (Å²) in [7, 11) is 0. The standard InChI is InChI=1S/C28H31ClF2N2O3/c1-28(2,17-11-13-18(30)14-12-17)33-27(35)21-10-6-5-9-20(21)26(34)32-24-16-25(22(29)15-23(24)31)36-19-7-3-4-8-19/h11-16,19H,3-10H2,1-2H3,(H,32,34)(H,33,35). The summed E-state index contributed by atoms with van der Waals surface area (Å²) in [5, 5.41) is 5.74. The largest absolute Gasteiger partial charge is 0.489 e. The zero-order valence-corrected chi connectivity index (χ0v) is 21.3. The zero-order valence-electron chi connectivity index (χ0n) is 20.6. The maximum Gasteiger partial charge on any atom is 0.252 e. The van der Waals surface area contributed by atoms with Gasteiger partial charge in [-0.15, -0.1) is 0 Å². The van der Waals surface area contributed by atoms with Crippen molar-refractivity contribution in [2.24, 2.45) is 0 Å². The molecular weight excluding hydrogens is 486 g/mol. The van der Waals surface area contributed by atoms with E-state index in [0.29, 0.717) is 29.7 Å². The quantitative estimate of drug-likeness (QED) is 0.425. The highest BCUT2D eigenvalue weighted by Crippen LogP contribution is 2.35. The van der Waals surface area contributed by atoms with Gasteiger partial charge in [0.05, 0.1) is 22.4 Å². The lowest BCUT2D eigenvalue weighted by atomic mass is 9.88. The highest BCUT2D eigenvalue weighted by Gasteiger charge is 2.29. The first-order valence-corrected chi connectivity index (χ1v) is 12.8. The lowest BCUT2D eigenvalue weighted by Gasteiger charge is -2.29. The number of hydrogen-bond acceptors (Lipinski definition) is 3. The molecule has 36 heavy (non-hydrogen) atoms. The molecule has 8 heteroatoms. The third-order valence-corrected chi connectivity index (χ3v) is 7.17. The second-order valence-electron chi connectivity index (χ2n) is 9.99. The molecule has 0 aliphatic heterocycles. The minimum absolute atomic E-state index is 0.0253. The summed E-state index contributed by atoms with van der Waals surface area (Å²) in [6.07, 6.45) is 6.36. The van der Waals surface area contributed by atoms with Crippen molar-refractivity contribution in [2.45, 2.75) is 76.9 Å². The Bertz CT molecular complexity index is 1170. The van der Waals surface area contributed by atoms with Gasteiger partial charge in [0, 0.05) is 17.2 Å². The Balaban J connectivity index is 1.54. The summed E-state index contributed by atoms with van der Waals surface area (Å²) in [6.45, 7) is 3.63. The van der Waals surface area contributed by atoms with Crippen LogP contribution in [0.15, 0.2) is 47.5 Å². The smallest absolute Gasteiger partial charge is 0.252 e. The van der Waals surface area contributed by atoms with Crippen molar-refractivity contribution in [3.8, 4) is 5.75 Å². The van der Waals surface area contributed by atoms with Crippen molar-refractivity contribution in [1.29, 1.82) is 0 Å². The summed E-state index contributed by atoms with van der Waals surface area (Å²) < 4.78 is 34.0. The fourth-order valence-electron chi connectivity index (χ4n) is 4.80. The van der Waals surface area contributed by atoms with Crippen LogP contribution in [0.4, 0.5) is 14.5 Å². The molecule has 0 heterocycles. The van der Waals surface area contributed by atoms with Crippen LogP contribution in [0.1, 0.15) is 70.8 Å². The van der Waals surface area contributed by atoms with Gasteiger partial charge in [0.15, 0.2) is 0 Å². The molecule has 0 spiro atoms. The van der Waals surface area contributed by atoms with Gasteiger partial charge < -0.3 is 15.4 Å². The second-order valence-corrected chi connectivity index (χ2v) is 10.4. The summed E-state index contributed by atoms with van der Waals surface area (Å²) in [5.74, 6) is -1.59. The van der Waals surface area contributed by atoms with Crippen molar-refractivity contribution in [3.05, 3.63) is 69.8 Å². The van der Waals surface area contributed by atoms with Gasteiger partial charge in [-0.2, -0.15) is 0 Å². The second kappa shape index (κ2) is 11.0. The monoisotopic (exact) mass is 516 g/mol. The van der Waals surface area contributed by atoms with Gasteiger partial charge in [-0.3, -0.25) is 9.59 Å². The number of amides is 2. The van der Waals surface area contributed by atoms with E-state index < -0.39 is 17.3 Å². The Morgan fingerprint density at radius 2 is 1.56 bits per heavy atom. The van der Waals surface area contributed by atoms with Gasteiger partial charge in [-0.1, -0.05) is 23.7 Å². The van der Waals surface area contributed by atoms with Gasteiger partial charge in [-0.25, -0.2) is 8.78 Å². The van der Waals surface area contributed by atoms with E-state index in [-0.39, 0.29) is 28.5 Å². The maximum atomic E-state index is 14.7. The number of anilines is 1. The lowest BCUT2D eigenvalue weighted by molar-refractivity contribution is -0.120. The van der Waals surface area contributed by atoms with Gasteiger partial charge in [0.25, 0.3) is 5.91 Å². The molecule has 0 bridgehead atoms. The van der Waals surface area contributed by atoms with E-state index in [9.17, 15) is 18.4 Å². The number of carbonyl (C=O) groups excluding carboxylic acids is 2. The topological polar surface area (TPSA) is 67.4 Å². The first kappa shape index (κ1) is 26.1. The number of carbonyl (C=O) groups is 2. The molecule has 4 rings (SSSR count). The highest BCUT2D eigenvalue weighted by atomic mass is 35.5. The molecule has 0 radical (unpaired) electrons. The molecule has 0 atom stereocenters. The number of hydrogen-bond donors (Lipinski definition) is 2. The molecule has 0 aromatic heterocycles. The molecule has 192 valence electrons. The summed E-state index contributed by atoms with van der Waals surface area (Å²) in [4.78, 5) is 26.5. The lowest BCUT2D eigenvalue weighted by Crippen LogP contribution is -2.42. The normalized spacial score (nSPS) is 16.7. The van der Waals surface area contributed by atoms with Crippen molar-refractivity contribution in [2.75, 3.05) is 5.32 Å². The number of ether oxygens (including phenoxy) is 1. The van der Waals surface area contributed by atoms with Crippen LogP contribution in [-0.4, -0.2) is 17.9 Å². The minimum atomic E-state index is -0.786. The first-order valence-electron chi connectivity index (χ1n) is 12.4. The average Bonchev–Trinajstić information content (AvgIpc) is 3.35. The fraction of sp³-hybridized carbons (Fsp3) is 0.429. The number of nitrogens with one attached hydrogen (secondary N) is 2. The molecule has 2 aliphatic rings. The Morgan fingerprint density at radius 3 is 2.19 bits per heavy atom. The third-order valence-electron chi connectivity index (χ3n) is 6.87. The first-order chi connectivity index (χ1) is 17.1. The molecule has 2 N–H and O–H groups in total. The summed E-state index contributed by atoms with van der Waals surface area (Å²) in [6, 6.07) is 8.46. The van der Waals surface area contributed by atoms with E-state index in [1.54, 1.807) is 12.1 Å². The SMILES string of the molecule is CC(C)(NC(=O)C1=C(C(=O)Nc2cc(OC3CCCC3)c(Cl)cc2F)CCCC1)c1ccc(F)cc1. The number of halogens is 3. The molecule has 2 aromatic rings. The molecule has 1 fully saturated rings. The Morgan fingerprint density at radius 1 is 0.944 bits per heavy atom. The van der Waals surface area contributed by atoms with Gasteiger partial charge in [0.1, 0.15) is 17.4 Å². The van der Waals surface area contributed by atoms with Gasteiger partial charge in [-0.05, 0) is 89.0 Å². The van der Waals surface area contributed by atoms with Crippen LogP contribution in [-0.2, 0) is 15.1 Å². The predicted molar refractivity (Wildman–Crippen MR) is 136 cm³/mol. The molecule has 1 saturated carbocycles. The average molecular weight is 517 g/mol. The van der Waals surface area contributed by atoms with E-state index in [0.717, 1.165) is 50.2 Å². The Kier molecular flexibility index (Phi) is 7.98. The summed E-state index contributed by atoms with van der Waals surface area (Å²) in [5.41, 5.74) is 0.623. The van der Waals surface area contributed by atoms with E-state index in [1.807, 2.05) is 13.8 Å². The number of rotatable bonds is 7. The van der Waals surface area contributed by atoms with E-state index in [2.05, 4.69) is 10.6 Å². The molecule has 2 aromatic carbocycles. The van der Waals surface area contributed by atoms with Crippen LogP contribution in [0.2, 0.25) is 5.02 Å². The van der Waals surface area contributed by atoms with Crippen molar-refractivity contribution < 1.29 is 23.1 Å².